The van der Waals surface area contributed by atoms with Crippen LogP contribution in [0.5, 0.6) is 0 Å². The molecule has 0 spiro atoms. The van der Waals surface area contributed by atoms with Crippen molar-refractivity contribution in [3.63, 3.8) is 0 Å². The number of nitrogens with zero attached hydrogens (tertiary/aromatic N) is 20. The van der Waals surface area contributed by atoms with Gasteiger partial charge in [0.1, 0.15) is 29.1 Å². The van der Waals surface area contributed by atoms with Crippen LogP contribution in [0.2, 0.25) is 0 Å². The fourth-order valence-corrected chi connectivity index (χ4v) is 12.3. The maximum absolute atomic E-state index is 4.75. The summed E-state index contributed by atoms with van der Waals surface area (Å²) in [4.78, 5) is 66.9. The summed E-state index contributed by atoms with van der Waals surface area (Å²) >= 11 is 0. The summed E-state index contributed by atoms with van der Waals surface area (Å²) in [5, 5.41) is 0. The molecule has 0 radical (unpaired) electrons. The number of aryl methyl sites for hydroxylation is 7. The maximum atomic E-state index is 4.75. The van der Waals surface area contributed by atoms with E-state index in [1.165, 1.54) is 11.1 Å². The van der Waals surface area contributed by atoms with Crippen LogP contribution in [0.1, 0.15) is 185 Å². The van der Waals surface area contributed by atoms with Gasteiger partial charge in [0.05, 0.1) is 0 Å². The van der Waals surface area contributed by atoms with Gasteiger partial charge in [-0.1, -0.05) is 327 Å². The summed E-state index contributed by atoms with van der Waals surface area (Å²) in [6, 6.07) is 108. The van der Waals surface area contributed by atoms with Crippen molar-refractivity contribution in [1.82, 2.24) is 49.8 Å². The van der Waals surface area contributed by atoms with Crippen LogP contribution in [0.3, 0.4) is 0 Å². The molecule has 138 heavy (non-hydrogen) atoms. The lowest BCUT2D eigenvalue weighted by atomic mass is 10.2. The Bertz CT molecular complexity index is 4900. The second-order valence-electron chi connectivity index (χ2n) is 28.3. The van der Waals surface area contributed by atoms with Crippen molar-refractivity contribution in [3.05, 3.63) is 361 Å². The lowest BCUT2D eigenvalue weighted by molar-refractivity contribution is 0.990. The zero-order valence-corrected chi connectivity index (χ0v) is 90.0. The fraction of sp³-hybridized carbons (Fsp3) is 0.322. The van der Waals surface area contributed by atoms with Crippen LogP contribution in [0.4, 0.5) is 116 Å². The summed E-state index contributed by atoms with van der Waals surface area (Å²) in [5.41, 5.74) is 18.0. The molecule has 0 atom stereocenters. The van der Waals surface area contributed by atoms with Gasteiger partial charge in [0.25, 0.3) is 0 Å². The second kappa shape index (κ2) is 71.2. The Morgan fingerprint density at radius 3 is 0.370 bits per heavy atom. The molecule has 5 heterocycles. The zero-order valence-electron chi connectivity index (χ0n) is 90.0. The molecular formula is C118H168N20. The predicted octanol–water partition coefficient (Wildman–Crippen LogP) is 33.1. The van der Waals surface area contributed by atoms with Crippen LogP contribution in [0.25, 0.3) is 0 Å². The van der Waals surface area contributed by atoms with E-state index in [2.05, 4.69) is 172 Å². The fourth-order valence-electron chi connectivity index (χ4n) is 12.3. The Morgan fingerprint density at radius 1 is 0.138 bits per heavy atom. The summed E-state index contributed by atoms with van der Waals surface area (Å²) in [5.74, 6) is 7.83. The van der Waals surface area contributed by atoms with Crippen molar-refractivity contribution >= 4 is 116 Å². The van der Waals surface area contributed by atoms with Gasteiger partial charge in [0, 0.05) is 186 Å². The first-order valence-electron chi connectivity index (χ1n) is 48.7. The molecule has 20 heteroatoms. The average molecular weight is 1870 g/mol. The van der Waals surface area contributed by atoms with E-state index in [1.54, 1.807) is 0 Å². The molecule has 0 N–H and O–H groups in total. The van der Waals surface area contributed by atoms with Gasteiger partial charge in [0.2, 0.25) is 29.7 Å². The number of rotatable bonds is 20. The minimum atomic E-state index is 0. The lowest BCUT2D eigenvalue weighted by Gasteiger charge is -2.22. The Balaban J connectivity index is 0.00000162. The number of benzene rings is 10. The summed E-state index contributed by atoms with van der Waals surface area (Å²) in [7, 11) is 20.0. The first kappa shape index (κ1) is 124. The van der Waals surface area contributed by atoms with Crippen LogP contribution in [0.15, 0.2) is 322 Å². The first-order chi connectivity index (χ1) is 66.5. The van der Waals surface area contributed by atoms with Crippen molar-refractivity contribution in [3.8, 4) is 0 Å². The maximum Gasteiger partial charge on any atom is 0.231 e. The standard InChI is InChI=1S/2C20H22N4.3C19H20N4.10C2H6.CH4/c2*1-15-10-12-18(13-11-15)23(3)19-14-16(2)21-20(22-19)24(4)17-8-6-5-7-9-17;3*1-15-14-18(22(2)16-10-6-4-7-11-16)21-19(20-15)23(3)17-12-8-5-9-13-17;10*1-2;/h2*5-14H,1-4H3;3*4-14H,1-3H3;10*1-2H3;1H4. The number of hydrogen-bond acceptors (Lipinski definition) is 20. The van der Waals surface area contributed by atoms with Gasteiger partial charge < -0.3 is 49.0 Å². The monoisotopic (exact) mass is 1870 g/mol. The van der Waals surface area contributed by atoms with Crippen molar-refractivity contribution in [2.45, 2.75) is 194 Å². The quantitative estimate of drug-likeness (QED) is 0.0708. The summed E-state index contributed by atoms with van der Waals surface area (Å²) in [6.45, 7) is 54.1. The first-order valence-corrected chi connectivity index (χ1v) is 48.7. The number of aromatic nitrogens is 10. The minimum Gasteiger partial charge on any atom is -0.329 e. The highest BCUT2D eigenvalue weighted by Crippen LogP contribution is 2.34. The molecule has 0 aliphatic heterocycles. The average Bonchev–Trinajstić information content (AvgIpc) is 0.808. The van der Waals surface area contributed by atoms with Crippen LogP contribution in [0, 0.1) is 48.5 Å². The van der Waals surface area contributed by atoms with Crippen molar-refractivity contribution in [2.24, 2.45) is 0 Å². The Morgan fingerprint density at radius 2 is 0.246 bits per heavy atom. The molecule has 15 rings (SSSR count). The van der Waals surface area contributed by atoms with Crippen molar-refractivity contribution < 1.29 is 0 Å². The molecular weight excluding hydrogens is 1700 g/mol. The van der Waals surface area contributed by atoms with Gasteiger partial charge in [-0.3, -0.25) is 0 Å². The van der Waals surface area contributed by atoms with E-state index in [0.29, 0.717) is 29.7 Å². The van der Waals surface area contributed by atoms with Crippen LogP contribution in [-0.4, -0.2) is 120 Å². The highest BCUT2D eigenvalue weighted by Gasteiger charge is 2.19. The van der Waals surface area contributed by atoms with E-state index in [1.807, 2.05) is 480 Å². The molecule has 0 unspecified atom stereocenters. The topological polar surface area (TPSA) is 161 Å². The SMILES string of the molecule is C.CC.CC.CC.CC.CC.CC.CC.CC.CC.CC.Cc1cc(N(C)c2ccccc2)nc(N(C)c2ccccc2)n1.Cc1cc(N(C)c2ccccc2)nc(N(C)c2ccccc2)n1.Cc1cc(N(C)c2ccccc2)nc(N(C)c2ccccc2)n1.Cc1ccc(N(C)c2cc(C)nc(N(C)c3ccccc3)n2)cc1.Cc1ccc(N(C)c2cc(C)nc(N(C)c3ccccc3)n2)cc1. The van der Waals surface area contributed by atoms with E-state index in [-0.39, 0.29) is 7.43 Å². The zero-order chi connectivity index (χ0) is 103. The second-order valence-corrected chi connectivity index (χ2v) is 28.3. The molecule has 0 bridgehead atoms. The predicted molar refractivity (Wildman–Crippen MR) is 609 cm³/mol. The molecule has 15 aromatic rings. The van der Waals surface area contributed by atoms with Gasteiger partial charge in [-0.2, -0.15) is 24.9 Å². The van der Waals surface area contributed by atoms with Gasteiger partial charge in [-0.05, 0) is 170 Å². The molecule has 20 nitrogen and oxygen atoms in total. The van der Waals surface area contributed by atoms with Crippen LogP contribution < -0.4 is 49.0 Å². The van der Waals surface area contributed by atoms with Gasteiger partial charge in [0.15, 0.2) is 0 Å². The molecule has 740 valence electrons. The molecule has 5 aromatic heterocycles. The lowest BCUT2D eigenvalue weighted by Crippen LogP contribution is -2.17. The summed E-state index contributed by atoms with van der Waals surface area (Å²) in [6.07, 6.45) is 0. The molecule has 10 aromatic carbocycles. The molecule has 0 saturated heterocycles. The van der Waals surface area contributed by atoms with Gasteiger partial charge >= 0.3 is 0 Å². The van der Waals surface area contributed by atoms with E-state index >= 15 is 0 Å². The minimum absolute atomic E-state index is 0. The third-order valence-corrected chi connectivity index (χ3v) is 19.4. The van der Waals surface area contributed by atoms with Crippen LogP contribution in [-0.2, 0) is 0 Å². The number of para-hydroxylation sites is 8. The molecule has 0 saturated carbocycles. The number of anilines is 20. The molecule has 0 aliphatic carbocycles. The normalized spacial score (nSPS) is 9.28. The van der Waals surface area contributed by atoms with Crippen molar-refractivity contribution in [2.75, 3.05) is 119 Å². The number of hydrogen-bond donors (Lipinski definition) is 0. The third-order valence-electron chi connectivity index (χ3n) is 19.4. The molecule has 0 aliphatic rings. The van der Waals surface area contributed by atoms with Gasteiger partial charge in [-0.25, -0.2) is 24.9 Å². The van der Waals surface area contributed by atoms with E-state index in [0.717, 1.165) is 114 Å². The largest absolute Gasteiger partial charge is 0.329 e. The smallest absolute Gasteiger partial charge is 0.231 e. The van der Waals surface area contributed by atoms with Gasteiger partial charge in [-0.15, -0.1) is 0 Å². The summed E-state index contributed by atoms with van der Waals surface area (Å²) < 4.78 is 0. The Kier molecular flexibility index (Phi) is 63.7. The Hall–Kier alpha value is -14.4. The van der Waals surface area contributed by atoms with Crippen LogP contribution >= 0.6 is 0 Å². The van der Waals surface area contributed by atoms with Crippen molar-refractivity contribution in [1.29, 1.82) is 0 Å². The highest BCUT2D eigenvalue weighted by atomic mass is 15.3. The van der Waals surface area contributed by atoms with E-state index in [4.69, 9.17) is 24.9 Å². The Labute approximate surface area is 835 Å². The molecule has 0 fully saturated rings. The highest BCUT2D eigenvalue weighted by molar-refractivity contribution is 5.70. The molecule has 0 amide bonds. The van der Waals surface area contributed by atoms with E-state index in [9.17, 15) is 0 Å². The van der Waals surface area contributed by atoms with E-state index < -0.39 is 0 Å². The third kappa shape index (κ3) is 40.3.